The number of piperidine rings is 1. The standard InChI is InChI=1S/C17H28N6O2/c1-21-10-8-14(9-11-21)22(2)17-15(23(24)25)16(18-12-19-17)20-13-6-4-3-5-7-13/h12-14H,3-11H2,1-2H3,(H,18,19,20). The van der Waals surface area contributed by atoms with Gasteiger partial charge in [-0.3, -0.25) is 10.1 Å². The minimum atomic E-state index is -0.341. The Bertz CT molecular complexity index is 597. The maximum absolute atomic E-state index is 11.8. The van der Waals surface area contributed by atoms with E-state index in [2.05, 4.69) is 27.2 Å². The Morgan fingerprint density at radius 2 is 1.88 bits per heavy atom. The third-order valence-corrected chi connectivity index (χ3v) is 5.50. The molecule has 1 aromatic heterocycles. The fourth-order valence-corrected chi connectivity index (χ4v) is 3.90. The Labute approximate surface area is 148 Å². The molecule has 0 unspecified atom stereocenters. The number of anilines is 2. The van der Waals surface area contributed by atoms with E-state index < -0.39 is 0 Å². The van der Waals surface area contributed by atoms with Gasteiger partial charge in [0.1, 0.15) is 6.33 Å². The number of nitro groups is 1. The van der Waals surface area contributed by atoms with Gasteiger partial charge >= 0.3 is 5.69 Å². The summed E-state index contributed by atoms with van der Waals surface area (Å²) < 4.78 is 0. The molecular weight excluding hydrogens is 320 g/mol. The average Bonchev–Trinajstić information content (AvgIpc) is 2.62. The number of aromatic nitrogens is 2. The van der Waals surface area contributed by atoms with Crippen molar-refractivity contribution in [3.05, 3.63) is 16.4 Å². The highest BCUT2D eigenvalue weighted by Gasteiger charge is 2.31. The fraction of sp³-hybridized carbons (Fsp3) is 0.765. The molecule has 1 aromatic rings. The van der Waals surface area contributed by atoms with Gasteiger partial charge in [-0.1, -0.05) is 19.3 Å². The lowest BCUT2D eigenvalue weighted by Gasteiger charge is -2.35. The maximum atomic E-state index is 11.8. The van der Waals surface area contributed by atoms with Gasteiger partial charge in [-0.05, 0) is 45.8 Å². The summed E-state index contributed by atoms with van der Waals surface area (Å²) in [7, 11) is 4.02. The van der Waals surface area contributed by atoms with E-state index in [1.165, 1.54) is 25.6 Å². The molecule has 0 bridgehead atoms. The summed E-state index contributed by atoms with van der Waals surface area (Å²) in [6.07, 6.45) is 9.08. The third-order valence-electron chi connectivity index (χ3n) is 5.50. The largest absolute Gasteiger partial charge is 0.361 e. The zero-order valence-electron chi connectivity index (χ0n) is 15.1. The first-order chi connectivity index (χ1) is 12.1. The van der Waals surface area contributed by atoms with Crippen LogP contribution < -0.4 is 10.2 Å². The number of nitrogens with one attached hydrogen (secondary N) is 1. The lowest BCUT2D eigenvalue weighted by molar-refractivity contribution is -0.383. The maximum Gasteiger partial charge on any atom is 0.353 e. The van der Waals surface area contributed by atoms with Crippen LogP contribution in [0.2, 0.25) is 0 Å². The summed E-state index contributed by atoms with van der Waals surface area (Å²) in [4.78, 5) is 24.2. The number of hydrogen-bond acceptors (Lipinski definition) is 7. The quantitative estimate of drug-likeness (QED) is 0.646. The van der Waals surface area contributed by atoms with Crippen LogP contribution in [0.4, 0.5) is 17.3 Å². The van der Waals surface area contributed by atoms with Crippen molar-refractivity contribution >= 4 is 17.3 Å². The summed E-state index contributed by atoms with van der Waals surface area (Å²) in [5.41, 5.74) is 0.00880. The number of likely N-dealkylation sites (tertiary alicyclic amines) is 1. The van der Waals surface area contributed by atoms with Crippen molar-refractivity contribution in [2.24, 2.45) is 0 Å². The van der Waals surface area contributed by atoms with E-state index in [1.54, 1.807) is 0 Å². The second-order valence-electron chi connectivity index (χ2n) is 7.28. The minimum absolute atomic E-state index is 0.00880. The zero-order valence-corrected chi connectivity index (χ0v) is 15.1. The number of nitrogens with zero attached hydrogens (tertiary/aromatic N) is 5. The van der Waals surface area contributed by atoms with Gasteiger partial charge in [-0.25, -0.2) is 9.97 Å². The summed E-state index contributed by atoms with van der Waals surface area (Å²) in [6, 6.07) is 0.538. The lowest BCUT2D eigenvalue weighted by Crippen LogP contribution is -2.42. The molecule has 138 valence electrons. The Kier molecular flexibility index (Phi) is 5.67. The Balaban J connectivity index is 1.83. The van der Waals surface area contributed by atoms with E-state index in [0.29, 0.717) is 11.6 Å². The number of hydrogen-bond donors (Lipinski definition) is 1. The van der Waals surface area contributed by atoms with Crippen molar-refractivity contribution in [1.29, 1.82) is 0 Å². The first kappa shape index (κ1) is 17.8. The monoisotopic (exact) mass is 348 g/mol. The van der Waals surface area contributed by atoms with Gasteiger partial charge in [-0.2, -0.15) is 0 Å². The molecular formula is C17H28N6O2. The van der Waals surface area contributed by atoms with Gasteiger partial charge in [0.2, 0.25) is 11.6 Å². The van der Waals surface area contributed by atoms with Crippen molar-refractivity contribution < 1.29 is 4.92 Å². The predicted molar refractivity (Wildman–Crippen MR) is 98.1 cm³/mol. The first-order valence-electron chi connectivity index (χ1n) is 9.23. The normalized spacial score (nSPS) is 20.4. The van der Waals surface area contributed by atoms with Gasteiger partial charge in [0, 0.05) is 19.1 Å². The van der Waals surface area contributed by atoms with E-state index >= 15 is 0 Å². The van der Waals surface area contributed by atoms with Crippen molar-refractivity contribution in [3.63, 3.8) is 0 Å². The minimum Gasteiger partial charge on any atom is -0.361 e. The van der Waals surface area contributed by atoms with Crippen LogP contribution in [-0.2, 0) is 0 Å². The van der Waals surface area contributed by atoms with E-state index in [4.69, 9.17) is 0 Å². The van der Waals surface area contributed by atoms with Gasteiger partial charge in [-0.15, -0.1) is 0 Å². The van der Waals surface area contributed by atoms with E-state index in [9.17, 15) is 10.1 Å². The molecule has 0 amide bonds. The van der Waals surface area contributed by atoms with Crippen LogP contribution >= 0.6 is 0 Å². The molecule has 1 saturated heterocycles. The van der Waals surface area contributed by atoms with Gasteiger partial charge in [0.05, 0.1) is 4.92 Å². The summed E-state index contributed by atoms with van der Waals surface area (Å²) in [6.45, 7) is 2.00. The fourth-order valence-electron chi connectivity index (χ4n) is 3.90. The Hall–Kier alpha value is -1.96. The highest BCUT2D eigenvalue weighted by Crippen LogP contribution is 2.35. The van der Waals surface area contributed by atoms with Gasteiger partial charge in [0.25, 0.3) is 0 Å². The number of rotatable bonds is 5. The van der Waals surface area contributed by atoms with Crippen molar-refractivity contribution in [3.8, 4) is 0 Å². The molecule has 1 aliphatic heterocycles. The summed E-state index contributed by atoms with van der Waals surface area (Å²) >= 11 is 0. The molecule has 2 aliphatic rings. The third kappa shape index (κ3) is 4.18. The summed E-state index contributed by atoms with van der Waals surface area (Å²) in [5, 5.41) is 15.1. The Morgan fingerprint density at radius 3 is 2.52 bits per heavy atom. The molecule has 0 atom stereocenters. The van der Waals surface area contributed by atoms with Crippen LogP contribution in [0.15, 0.2) is 6.33 Å². The van der Waals surface area contributed by atoms with Crippen LogP contribution in [0.5, 0.6) is 0 Å². The molecule has 1 N–H and O–H groups in total. The average molecular weight is 348 g/mol. The van der Waals surface area contributed by atoms with E-state index in [0.717, 1.165) is 38.8 Å². The van der Waals surface area contributed by atoms with E-state index in [-0.39, 0.29) is 22.7 Å². The smallest absolute Gasteiger partial charge is 0.353 e. The molecule has 8 heteroatoms. The van der Waals surface area contributed by atoms with Crippen LogP contribution in [0.3, 0.4) is 0 Å². The molecule has 0 radical (unpaired) electrons. The van der Waals surface area contributed by atoms with Gasteiger partial charge < -0.3 is 15.1 Å². The topological polar surface area (TPSA) is 87.4 Å². The SMILES string of the molecule is CN1CCC(N(C)c2ncnc(NC3CCCCC3)c2[N+](=O)[O-])CC1. The van der Waals surface area contributed by atoms with Crippen LogP contribution in [0.1, 0.15) is 44.9 Å². The molecule has 2 fully saturated rings. The second kappa shape index (κ2) is 7.95. The molecule has 0 aromatic carbocycles. The highest BCUT2D eigenvalue weighted by molar-refractivity contribution is 5.70. The van der Waals surface area contributed by atoms with Crippen molar-refractivity contribution in [2.75, 3.05) is 37.4 Å². The molecule has 0 spiro atoms. The Morgan fingerprint density at radius 1 is 1.20 bits per heavy atom. The lowest BCUT2D eigenvalue weighted by atomic mass is 9.95. The van der Waals surface area contributed by atoms with Gasteiger partial charge in [0.15, 0.2) is 0 Å². The predicted octanol–water partition coefficient (Wildman–Crippen LogP) is 2.66. The molecule has 1 saturated carbocycles. The first-order valence-corrected chi connectivity index (χ1v) is 9.23. The summed E-state index contributed by atoms with van der Waals surface area (Å²) in [5.74, 6) is 0.787. The molecule has 1 aliphatic carbocycles. The van der Waals surface area contributed by atoms with Crippen LogP contribution in [-0.4, -0.2) is 59.1 Å². The molecule has 2 heterocycles. The molecule has 3 rings (SSSR count). The molecule has 25 heavy (non-hydrogen) atoms. The second-order valence-corrected chi connectivity index (χ2v) is 7.28. The van der Waals surface area contributed by atoms with Crippen molar-refractivity contribution in [2.45, 2.75) is 57.0 Å². The molecule has 8 nitrogen and oxygen atoms in total. The van der Waals surface area contributed by atoms with Crippen molar-refractivity contribution in [1.82, 2.24) is 14.9 Å². The van der Waals surface area contributed by atoms with Crippen LogP contribution in [0.25, 0.3) is 0 Å². The zero-order chi connectivity index (χ0) is 17.8. The highest BCUT2D eigenvalue weighted by atomic mass is 16.6. The van der Waals surface area contributed by atoms with E-state index in [1.807, 2.05) is 11.9 Å². The van der Waals surface area contributed by atoms with Crippen LogP contribution in [0, 0.1) is 10.1 Å².